The van der Waals surface area contributed by atoms with E-state index in [1.807, 2.05) is 26.0 Å². The Labute approximate surface area is 133 Å². The van der Waals surface area contributed by atoms with Gasteiger partial charge in [-0.2, -0.15) is 0 Å². The molecule has 0 saturated heterocycles. The number of rotatable bonds is 3. The molecule has 0 fully saturated rings. The van der Waals surface area contributed by atoms with Crippen molar-refractivity contribution in [2.75, 3.05) is 24.3 Å². The highest BCUT2D eigenvalue weighted by Gasteiger charge is 2.18. The SMILES string of the molecule is CNc1ncc(Br)cc1C(=O)N(C)c1cc(C)cc(C)c1. The summed E-state index contributed by atoms with van der Waals surface area (Å²) in [5.41, 5.74) is 3.67. The minimum absolute atomic E-state index is 0.0989. The van der Waals surface area contributed by atoms with Gasteiger partial charge in [0.1, 0.15) is 5.82 Å². The molecular weight excluding hydrogens is 330 g/mol. The summed E-state index contributed by atoms with van der Waals surface area (Å²) in [5, 5.41) is 2.95. The molecule has 1 N–H and O–H groups in total. The summed E-state index contributed by atoms with van der Waals surface area (Å²) in [6.45, 7) is 4.04. The van der Waals surface area contributed by atoms with Crippen LogP contribution in [0.1, 0.15) is 21.5 Å². The van der Waals surface area contributed by atoms with Gasteiger partial charge in [-0.15, -0.1) is 0 Å². The van der Waals surface area contributed by atoms with Crippen LogP contribution in [0.4, 0.5) is 11.5 Å². The highest BCUT2D eigenvalue weighted by Crippen LogP contribution is 2.23. The number of halogens is 1. The van der Waals surface area contributed by atoms with Gasteiger partial charge >= 0.3 is 0 Å². The van der Waals surface area contributed by atoms with E-state index in [0.717, 1.165) is 21.3 Å². The molecule has 0 aliphatic carbocycles. The second-order valence-electron chi connectivity index (χ2n) is 5.01. The maximum absolute atomic E-state index is 12.7. The Morgan fingerprint density at radius 2 is 1.81 bits per heavy atom. The van der Waals surface area contributed by atoms with Crippen LogP contribution in [0.25, 0.3) is 0 Å². The third kappa shape index (κ3) is 3.42. The number of aryl methyl sites for hydroxylation is 2. The van der Waals surface area contributed by atoms with E-state index in [4.69, 9.17) is 0 Å². The van der Waals surface area contributed by atoms with Crippen LogP contribution in [0.3, 0.4) is 0 Å². The van der Waals surface area contributed by atoms with Gasteiger partial charge in [0.15, 0.2) is 0 Å². The van der Waals surface area contributed by atoms with Gasteiger partial charge in [-0.1, -0.05) is 6.07 Å². The van der Waals surface area contributed by atoms with Gasteiger partial charge in [-0.3, -0.25) is 4.79 Å². The molecule has 0 unspecified atom stereocenters. The van der Waals surface area contributed by atoms with Crippen LogP contribution in [0.15, 0.2) is 34.9 Å². The van der Waals surface area contributed by atoms with Crippen molar-refractivity contribution in [3.05, 3.63) is 51.6 Å². The van der Waals surface area contributed by atoms with Crippen LogP contribution >= 0.6 is 15.9 Å². The van der Waals surface area contributed by atoms with Gasteiger partial charge in [0.2, 0.25) is 0 Å². The quantitative estimate of drug-likeness (QED) is 0.918. The normalized spacial score (nSPS) is 10.3. The van der Waals surface area contributed by atoms with E-state index in [1.54, 1.807) is 31.3 Å². The van der Waals surface area contributed by atoms with Crippen molar-refractivity contribution in [2.24, 2.45) is 0 Å². The zero-order chi connectivity index (χ0) is 15.6. The first-order chi connectivity index (χ1) is 9.92. The number of carbonyl (C=O) groups excluding carboxylic acids is 1. The summed E-state index contributed by atoms with van der Waals surface area (Å²) in [4.78, 5) is 18.6. The van der Waals surface area contributed by atoms with Crippen molar-refractivity contribution >= 4 is 33.3 Å². The van der Waals surface area contributed by atoms with Crippen molar-refractivity contribution in [1.82, 2.24) is 4.98 Å². The monoisotopic (exact) mass is 347 g/mol. The molecule has 0 spiro atoms. The number of benzene rings is 1. The van der Waals surface area contributed by atoms with Crippen molar-refractivity contribution in [3.63, 3.8) is 0 Å². The fourth-order valence-corrected chi connectivity index (χ4v) is 2.58. The zero-order valence-corrected chi connectivity index (χ0v) is 14.2. The van der Waals surface area contributed by atoms with Crippen LogP contribution in [-0.2, 0) is 0 Å². The Balaban J connectivity index is 2.41. The first-order valence-electron chi connectivity index (χ1n) is 6.62. The summed E-state index contributed by atoms with van der Waals surface area (Å²) in [6.07, 6.45) is 1.67. The van der Waals surface area contributed by atoms with E-state index in [0.29, 0.717) is 11.4 Å². The molecule has 5 heteroatoms. The number of aromatic nitrogens is 1. The summed E-state index contributed by atoms with van der Waals surface area (Å²) in [7, 11) is 3.53. The minimum atomic E-state index is -0.0989. The standard InChI is InChI=1S/C16H18BrN3O/c1-10-5-11(2)7-13(6-10)20(4)16(21)14-8-12(17)9-19-15(14)18-3/h5-9H,1-4H3,(H,18,19). The fourth-order valence-electron chi connectivity index (χ4n) is 2.24. The molecule has 0 saturated carbocycles. The second-order valence-corrected chi connectivity index (χ2v) is 5.93. The lowest BCUT2D eigenvalue weighted by Crippen LogP contribution is -2.27. The third-order valence-electron chi connectivity index (χ3n) is 3.22. The van der Waals surface area contributed by atoms with E-state index < -0.39 is 0 Å². The molecule has 0 atom stereocenters. The Kier molecular flexibility index (Phi) is 4.63. The van der Waals surface area contributed by atoms with E-state index >= 15 is 0 Å². The number of carbonyl (C=O) groups is 1. The Morgan fingerprint density at radius 1 is 1.19 bits per heavy atom. The minimum Gasteiger partial charge on any atom is -0.372 e. The molecule has 0 bridgehead atoms. The molecule has 1 aromatic carbocycles. The first kappa shape index (κ1) is 15.5. The van der Waals surface area contributed by atoms with Crippen LogP contribution in [-0.4, -0.2) is 25.0 Å². The van der Waals surface area contributed by atoms with Gasteiger partial charge < -0.3 is 10.2 Å². The number of nitrogens with one attached hydrogen (secondary N) is 1. The number of hydrogen-bond donors (Lipinski definition) is 1. The van der Waals surface area contributed by atoms with Crippen molar-refractivity contribution in [3.8, 4) is 0 Å². The topological polar surface area (TPSA) is 45.2 Å². The lowest BCUT2D eigenvalue weighted by atomic mass is 10.1. The maximum Gasteiger partial charge on any atom is 0.261 e. The third-order valence-corrected chi connectivity index (χ3v) is 3.65. The Bertz CT molecular complexity index is 665. The number of hydrogen-bond acceptors (Lipinski definition) is 3. The fraction of sp³-hybridized carbons (Fsp3) is 0.250. The summed E-state index contributed by atoms with van der Waals surface area (Å²) < 4.78 is 0.777. The highest BCUT2D eigenvalue weighted by molar-refractivity contribution is 9.10. The van der Waals surface area contributed by atoms with Gasteiger partial charge in [0, 0.05) is 30.5 Å². The maximum atomic E-state index is 12.7. The largest absolute Gasteiger partial charge is 0.372 e. The summed E-state index contributed by atoms with van der Waals surface area (Å²) in [5.74, 6) is 0.470. The highest BCUT2D eigenvalue weighted by atomic mass is 79.9. The average molecular weight is 348 g/mol. The van der Waals surface area contributed by atoms with E-state index in [2.05, 4.69) is 32.3 Å². The first-order valence-corrected chi connectivity index (χ1v) is 7.41. The van der Waals surface area contributed by atoms with Gasteiger partial charge in [0.25, 0.3) is 5.91 Å². The predicted molar refractivity (Wildman–Crippen MR) is 90.1 cm³/mol. The number of pyridine rings is 1. The van der Waals surface area contributed by atoms with Gasteiger partial charge in [0.05, 0.1) is 5.56 Å². The van der Waals surface area contributed by atoms with Crippen LogP contribution in [0, 0.1) is 13.8 Å². The average Bonchev–Trinajstić information content (AvgIpc) is 2.44. The Hall–Kier alpha value is -1.88. The zero-order valence-electron chi connectivity index (χ0n) is 12.6. The van der Waals surface area contributed by atoms with Gasteiger partial charge in [-0.05, 0) is 59.1 Å². The van der Waals surface area contributed by atoms with Crippen LogP contribution < -0.4 is 10.2 Å². The smallest absolute Gasteiger partial charge is 0.261 e. The number of amides is 1. The molecule has 1 aromatic heterocycles. The molecule has 0 aliphatic rings. The molecular formula is C16H18BrN3O. The number of anilines is 2. The van der Waals surface area contributed by atoms with Crippen molar-refractivity contribution < 1.29 is 4.79 Å². The lowest BCUT2D eigenvalue weighted by molar-refractivity contribution is 0.0993. The number of nitrogens with zero attached hydrogens (tertiary/aromatic N) is 2. The van der Waals surface area contributed by atoms with Gasteiger partial charge in [-0.25, -0.2) is 4.98 Å². The molecule has 2 rings (SSSR count). The molecule has 1 amide bonds. The summed E-state index contributed by atoms with van der Waals surface area (Å²) >= 11 is 3.36. The van der Waals surface area contributed by atoms with Crippen molar-refractivity contribution in [2.45, 2.75) is 13.8 Å². The predicted octanol–water partition coefficient (Wildman–Crippen LogP) is 3.78. The molecule has 4 nitrogen and oxygen atoms in total. The van der Waals surface area contributed by atoms with Crippen molar-refractivity contribution in [1.29, 1.82) is 0 Å². The Morgan fingerprint density at radius 3 is 2.38 bits per heavy atom. The lowest BCUT2D eigenvalue weighted by Gasteiger charge is -2.20. The molecule has 0 aliphatic heterocycles. The second kappa shape index (κ2) is 6.26. The molecule has 0 radical (unpaired) electrons. The van der Waals surface area contributed by atoms with Crippen LogP contribution in [0.5, 0.6) is 0 Å². The van der Waals surface area contributed by atoms with E-state index in [1.165, 1.54) is 0 Å². The molecule has 110 valence electrons. The van der Waals surface area contributed by atoms with Crippen LogP contribution in [0.2, 0.25) is 0 Å². The molecule has 1 heterocycles. The van der Waals surface area contributed by atoms with E-state index in [9.17, 15) is 4.79 Å². The summed E-state index contributed by atoms with van der Waals surface area (Å²) in [6, 6.07) is 7.85. The molecule has 21 heavy (non-hydrogen) atoms. The van der Waals surface area contributed by atoms with E-state index in [-0.39, 0.29) is 5.91 Å². The molecule has 2 aromatic rings.